The zero-order valence-electron chi connectivity index (χ0n) is 15.8. The molecular weight excluding hydrogens is 420 g/mol. The van der Waals surface area contributed by atoms with Crippen LogP contribution < -0.4 is 10.0 Å². The summed E-state index contributed by atoms with van der Waals surface area (Å²) in [6.45, 7) is 1.93. The van der Waals surface area contributed by atoms with Gasteiger partial charge in [0.1, 0.15) is 5.82 Å². The molecule has 1 atom stereocenters. The molecule has 152 valence electrons. The minimum Gasteiger partial charge on any atom is -0.755 e. The number of hydrogen-bond donors (Lipinski definition) is 3. The molecule has 0 bridgehead atoms. The monoisotopic (exact) mass is 437 g/mol. The molecule has 0 saturated heterocycles. The molecule has 4 aromatic rings. The van der Waals surface area contributed by atoms with Crippen molar-refractivity contribution in [2.45, 2.75) is 17.0 Å². The van der Waals surface area contributed by atoms with Gasteiger partial charge in [0.15, 0.2) is 11.0 Å². The van der Waals surface area contributed by atoms with E-state index in [2.05, 4.69) is 30.2 Å². The van der Waals surface area contributed by atoms with Gasteiger partial charge in [-0.05, 0) is 43.0 Å². The molecule has 2 heterocycles. The molecule has 0 radical (unpaired) electrons. The number of aromatic amines is 1. The second kappa shape index (κ2) is 9.08. The van der Waals surface area contributed by atoms with Crippen molar-refractivity contribution in [1.29, 1.82) is 0 Å². The first-order valence-electron chi connectivity index (χ1n) is 8.92. The zero-order valence-corrected chi connectivity index (χ0v) is 17.5. The summed E-state index contributed by atoms with van der Waals surface area (Å²) < 4.78 is 23.8. The van der Waals surface area contributed by atoms with Gasteiger partial charge in [-0.15, -0.1) is 0 Å². The van der Waals surface area contributed by atoms with Gasteiger partial charge in [0, 0.05) is 45.2 Å². The van der Waals surface area contributed by atoms with Crippen LogP contribution in [-0.4, -0.2) is 28.9 Å². The number of anilines is 3. The molecule has 0 aliphatic rings. The van der Waals surface area contributed by atoms with Crippen LogP contribution in [0.15, 0.2) is 76.8 Å². The lowest BCUT2D eigenvalue weighted by Gasteiger charge is -2.10. The lowest BCUT2D eigenvalue weighted by Crippen LogP contribution is -2.01. The molecule has 0 fully saturated rings. The van der Waals surface area contributed by atoms with Gasteiger partial charge in [-0.2, -0.15) is 5.10 Å². The molecule has 2 aromatic heterocycles. The Bertz CT molecular complexity index is 1170. The van der Waals surface area contributed by atoms with Crippen molar-refractivity contribution in [2.75, 3.05) is 10.0 Å². The van der Waals surface area contributed by atoms with Crippen LogP contribution in [0.2, 0.25) is 0 Å². The summed E-state index contributed by atoms with van der Waals surface area (Å²) in [7, 11) is 0. The van der Waals surface area contributed by atoms with Gasteiger partial charge in [-0.1, -0.05) is 30.3 Å². The number of aromatic nitrogens is 4. The SMILES string of the molecule is Cc1cc(Nc2cc(-c3ccccc3)nc(Sc3ccc(NS(=O)[O-])cc3)n2)n[nH]1. The Balaban J connectivity index is 1.64. The maximum Gasteiger partial charge on any atom is 0.194 e. The summed E-state index contributed by atoms with van der Waals surface area (Å²) >= 11 is -0.973. The predicted molar refractivity (Wildman–Crippen MR) is 117 cm³/mol. The van der Waals surface area contributed by atoms with Gasteiger partial charge in [0.05, 0.1) is 5.69 Å². The van der Waals surface area contributed by atoms with E-state index in [4.69, 9.17) is 0 Å². The second-order valence-corrected chi connectivity index (χ2v) is 8.03. The Morgan fingerprint density at radius 1 is 1.00 bits per heavy atom. The Hall–Kier alpha value is -3.21. The van der Waals surface area contributed by atoms with Gasteiger partial charge < -0.3 is 14.6 Å². The summed E-state index contributed by atoms with van der Waals surface area (Å²) in [4.78, 5) is 10.2. The molecular formula is C20H17N6O2S2-. The first-order valence-corrected chi connectivity index (χ1v) is 10.8. The van der Waals surface area contributed by atoms with Gasteiger partial charge in [-0.25, -0.2) is 9.97 Å². The lowest BCUT2D eigenvalue weighted by atomic mass is 10.1. The number of aryl methyl sites for hydroxylation is 1. The van der Waals surface area contributed by atoms with Gasteiger partial charge >= 0.3 is 0 Å². The first kappa shape index (κ1) is 20.1. The lowest BCUT2D eigenvalue weighted by molar-refractivity contribution is 0.542. The van der Waals surface area contributed by atoms with Crippen molar-refractivity contribution in [3.8, 4) is 11.3 Å². The third kappa shape index (κ3) is 5.23. The van der Waals surface area contributed by atoms with Crippen LogP contribution in [0, 0.1) is 6.92 Å². The maximum absolute atomic E-state index is 10.8. The number of rotatable bonds is 7. The highest BCUT2D eigenvalue weighted by molar-refractivity contribution is 7.99. The molecule has 0 amide bonds. The van der Waals surface area contributed by atoms with Crippen molar-refractivity contribution in [2.24, 2.45) is 0 Å². The van der Waals surface area contributed by atoms with E-state index in [1.807, 2.05) is 61.5 Å². The molecule has 0 aliphatic carbocycles. The van der Waals surface area contributed by atoms with Gasteiger partial charge in [-0.3, -0.25) is 9.31 Å². The molecule has 3 N–H and O–H groups in total. The van der Waals surface area contributed by atoms with E-state index in [-0.39, 0.29) is 0 Å². The number of H-pyrrole nitrogens is 1. The van der Waals surface area contributed by atoms with Crippen LogP contribution in [0.4, 0.5) is 17.3 Å². The molecule has 10 heteroatoms. The molecule has 1 unspecified atom stereocenters. The third-order valence-electron chi connectivity index (χ3n) is 4.00. The fourth-order valence-electron chi connectivity index (χ4n) is 2.70. The fraction of sp³-hybridized carbons (Fsp3) is 0.0500. The van der Waals surface area contributed by atoms with Crippen LogP contribution in [0.1, 0.15) is 5.69 Å². The van der Waals surface area contributed by atoms with E-state index < -0.39 is 11.3 Å². The zero-order chi connectivity index (χ0) is 20.9. The molecule has 0 aliphatic heterocycles. The molecule has 30 heavy (non-hydrogen) atoms. The Kier molecular flexibility index (Phi) is 6.07. The molecule has 2 aromatic carbocycles. The molecule has 8 nitrogen and oxygen atoms in total. The number of nitrogens with one attached hydrogen (secondary N) is 3. The fourth-order valence-corrected chi connectivity index (χ4v) is 3.80. The first-order chi connectivity index (χ1) is 14.5. The quantitative estimate of drug-likeness (QED) is 0.292. The highest BCUT2D eigenvalue weighted by atomic mass is 32.2. The Morgan fingerprint density at radius 3 is 2.43 bits per heavy atom. The Labute approximate surface area is 180 Å². The molecule has 4 rings (SSSR count). The van der Waals surface area contributed by atoms with Crippen LogP contribution in [0.25, 0.3) is 11.3 Å². The minimum absolute atomic E-state index is 0.489. The summed E-state index contributed by atoms with van der Waals surface area (Å²) in [6, 6.07) is 20.6. The maximum atomic E-state index is 10.8. The Morgan fingerprint density at radius 2 is 1.77 bits per heavy atom. The van der Waals surface area contributed by atoms with E-state index in [9.17, 15) is 8.76 Å². The molecule has 0 saturated carbocycles. The highest BCUT2D eigenvalue weighted by Crippen LogP contribution is 2.30. The largest absolute Gasteiger partial charge is 0.755 e. The second-order valence-electron chi connectivity index (χ2n) is 6.31. The third-order valence-corrected chi connectivity index (χ3v) is 5.28. The average Bonchev–Trinajstić information content (AvgIpc) is 3.14. The number of nitrogens with zero attached hydrogens (tertiary/aromatic N) is 3. The topological polar surface area (TPSA) is 119 Å². The van der Waals surface area contributed by atoms with Crippen LogP contribution in [-0.2, 0) is 11.3 Å². The summed E-state index contributed by atoms with van der Waals surface area (Å²) in [6.07, 6.45) is 0. The number of hydrogen-bond acceptors (Lipinski definition) is 7. The van der Waals surface area contributed by atoms with Crippen molar-refractivity contribution >= 4 is 40.4 Å². The van der Waals surface area contributed by atoms with E-state index in [1.165, 1.54) is 11.8 Å². The van der Waals surface area contributed by atoms with Crippen LogP contribution >= 0.6 is 11.8 Å². The average molecular weight is 438 g/mol. The van der Waals surface area contributed by atoms with Crippen molar-refractivity contribution in [3.63, 3.8) is 0 Å². The summed E-state index contributed by atoms with van der Waals surface area (Å²) in [5, 5.41) is 10.9. The normalized spacial score (nSPS) is 11.8. The van der Waals surface area contributed by atoms with E-state index >= 15 is 0 Å². The van der Waals surface area contributed by atoms with E-state index in [0.717, 1.165) is 21.8 Å². The van der Waals surface area contributed by atoms with Crippen molar-refractivity contribution in [3.05, 3.63) is 72.4 Å². The van der Waals surface area contributed by atoms with Crippen molar-refractivity contribution in [1.82, 2.24) is 20.2 Å². The van der Waals surface area contributed by atoms with Crippen LogP contribution in [0.5, 0.6) is 0 Å². The van der Waals surface area contributed by atoms with Gasteiger partial charge in [0.2, 0.25) is 0 Å². The summed E-state index contributed by atoms with van der Waals surface area (Å²) in [5.74, 6) is 1.29. The van der Waals surface area contributed by atoms with E-state index in [1.54, 1.807) is 12.1 Å². The predicted octanol–water partition coefficient (Wildman–Crippen LogP) is 4.28. The standard InChI is InChI=1S/C20H18N6O2S2/c1-13-11-19(25-24-13)22-18-12-17(14-5-3-2-4-6-14)21-20(23-18)29-16-9-7-15(8-10-16)26-30(27)28/h2-12,26H,1H3,(H,27,28)(H2,21,22,23,24,25)/p-1. The highest BCUT2D eigenvalue weighted by Gasteiger charge is 2.10. The summed E-state index contributed by atoms with van der Waals surface area (Å²) in [5.41, 5.74) is 3.18. The van der Waals surface area contributed by atoms with Crippen LogP contribution in [0.3, 0.4) is 0 Å². The smallest absolute Gasteiger partial charge is 0.194 e. The van der Waals surface area contributed by atoms with Crippen molar-refractivity contribution < 1.29 is 8.76 Å². The molecule has 0 spiro atoms. The number of benzene rings is 2. The minimum atomic E-state index is -2.35. The van der Waals surface area contributed by atoms with Gasteiger partial charge in [0.25, 0.3) is 0 Å². The van der Waals surface area contributed by atoms with E-state index in [0.29, 0.717) is 22.5 Å².